The highest BCUT2D eigenvalue weighted by atomic mass is 16.5. The van der Waals surface area contributed by atoms with Crippen LogP contribution in [-0.4, -0.2) is 31.1 Å². The molecule has 23 heavy (non-hydrogen) atoms. The summed E-state index contributed by atoms with van der Waals surface area (Å²) in [4.78, 5) is 2.75. The van der Waals surface area contributed by atoms with Gasteiger partial charge in [-0.05, 0) is 68.3 Å². The molecule has 4 rings (SSSR count). The van der Waals surface area contributed by atoms with Crippen molar-refractivity contribution in [1.82, 2.24) is 4.90 Å². The maximum absolute atomic E-state index is 5.55. The molecule has 1 aromatic rings. The highest BCUT2D eigenvalue weighted by Crippen LogP contribution is 2.56. The average molecular weight is 311 g/mol. The first-order valence-electron chi connectivity index (χ1n) is 9.31. The predicted octanol–water partition coefficient (Wildman–Crippen LogP) is 4.33. The Bertz CT molecular complexity index is 608. The van der Waals surface area contributed by atoms with Gasteiger partial charge in [0.2, 0.25) is 0 Å². The van der Waals surface area contributed by atoms with E-state index in [0.29, 0.717) is 5.41 Å². The van der Waals surface area contributed by atoms with Crippen molar-refractivity contribution in [2.75, 3.05) is 20.2 Å². The topological polar surface area (TPSA) is 12.5 Å². The van der Waals surface area contributed by atoms with E-state index in [9.17, 15) is 0 Å². The average Bonchev–Trinajstić information content (AvgIpc) is 2.60. The molecule has 1 heterocycles. The molecule has 2 nitrogen and oxygen atoms in total. The molecule has 0 unspecified atom stereocenters. The van der Waals surface area contributed by atoms with Crippen LogP contribution in [0.15, 0.2) is 30.4 Å². The van der Waals surface area contributed by atoms with Crippen LogP contribution in [0.4, 0.5) is 0 Å². The fourth-order valence-electron chi connectivity index (χ4n) is 5.66. The van der Waals surface area contributed by atoms with E-state index >= 15 is 0 Å². The lowest BCUT2D eigenvalue weighted by molar-refractivity contribution is -0.00522. The van der Waals surface area contributed by atoms with Crippen LogP contribution >= 0.6 is 0 Å². The molecule has 1 aliphatic heterocycles. The molecular weight excluding hydrogens is 282 g/mol. The molecule has 124 valence electrons. The number of fused-ring (bicyclic) bond motifs is 1. The van der Waals surface area contributed by atoms with Gasteiger partial charge < -0.3 is 4.74 Å². The second-order valence-corrected chi connectivity index (χ2v) is 7.62. The van der Waals surface area contributed by atoms with E-state index < -0.39 is 0 Å². The third kappa shape index (κ3) is 2.34. The lowest BCUT2D eigenvalue weighted by atomic mass is 9.52. The molecule has 2 aliphatic carbocycles. The van der Waals surface area contributed by atoms with Gasteiger partial charge in [0.05, 0.1) is 7.11 Å². The molecule has 1 saturated heterocycles. The quantitative estimate of drug-likeness (QED) is 0.770. The Kier molecular flexibility index (Phi) is 3.96. The lowest BCUT2D eigenvalue weighted by Gasteiger charge is -2.59. The van der Waals surface area contributed by atoms with Crippen LogP contribution in [0.25, 0.3) is 0 Å². The molecule has 0 amide bonds. The molecule has 0 radical (unpaired) electrons. The van der Waals surface area contributed by atoms with Crippen LogP contribution in [0.3, 0.4) is 0 Å². The number of benzene rings is 1. The molecule has 2 bridgehead atoms. The zero-order chi connectivity index (χ0) is 15.9. The van der Waals surface area contributed by atoms with Gasteiger partial charge in [0.25, 0.3) is 0 Å². The summed E-state index contributed by atoms with van der Waals surface area (Å²) in [5.41, 5.74) is 3.64. The number of rotatable bonds is 3. The van der Waals surface area contributed by atoms with Gasteiger partial charge in [-0.2, -0.15) is 0 Å². The Balaban J connectivity index is 1.77. The van der Waals surface area contributed by atoms with Crippen LogP contribution in [0, 0.1) is 5.92 Å². The normalized spacial score (nSPS) is 33.3. The van der Waals surface area contributed by atoms with Crippen molar-refractivity contribution in [3.8, 4) is 5.75 Å². The number of nitrogens with zero attached hydrogens (tertiary/aromatic N) is 1. The highest BCUT2D eigenvalue weighted by molar-refractivity contribution is 5.45. The van der Waals surface area contributed by atoms with Gasteiger partial charge in [0, 0.05) is 18.0 Å². The molecule has 0 spiro atoms. The molecule has 2 fully saturated rings. The van der Waals surface area contributed by atoms with E-state index in [0.717, 1.165) is 24.3 Å². The van der Waals surface area contributed by atoms with Gasteiger partial charge in [-0.3, -0.25) is 4.90 Å². The van der Waals surface area contributed by atoms with E-state index in [1.54, 1.807) is 18.2 Å². The van der Waals surface area contributed by atoms with Crippen LogP contribution in [0.1, 0.15) is 50.2 Å². The van der Waals surface area contributed by atoms with Crippen molar-refractivity contribution in [3.63, 3.8) is 0 Å². The number of methoxy groups -OCH3 is 1. The van der Waals surface area contributed by atoms with Crippen LogP contribution in [0.2, 0.25) is 0 Å². The van der Waals surface area contributed by atoms with E-state index in [1.807, 2.05) is 0 Å². The standard InChI is InChI=1S/C21H29NO/c1-3-4-12-22-13-11-21-10-6-5-7-18(21)20(22)14-16-8-9-17(23-2)15-19(16)21/h3-4,8-9,15,18,20H,5-7,10-14H2,1-2H3/b4-3+/t18-,20+,21+/m0/s1. The molecule has 1 aromatic carbocycles. The molecule has 3 atom stereocenters. The highest BCUT2D eigenvalue weighted by Gasteiger charge is 2.53. The van der Waals surface area contributed by atoms with Gasteiger partial charge in [-0.1, -0.05) is 31.1 Å². The monoisotopic (exact) mass is 311 g/mol. The Morgan fingerprint density at radius 1 is 1.30 bits per heavy atom. The van der Waals surface area contributed by atoms with E-state index in [4.69, 9.17) is 4.74 Å². The lowest BCUT2D eigenvalue weighted by Crippen LogP contribution is -2.60. The number of allylic oxidation sites excluding steroid dienone is 1. The third-order valence-corrected chi connectivity index (χ3v) is 6.73. The molecule has 0 N–H and O–H groups in total. The Labute approximate surface area is 140 Å². The summed E-state index contributed by atoms with van der Waals surface area (Å²) >= 11 is 0. The fraction of sp³-hybridized carbons (Fsp3) is 0.619. The first-order valence-corrected chi connectivity index (χ1v) is 9.31. The van der Waals surface area contributed by atoms with Gasteiger partial charge in [0.1, 0.15) is 5.75 Å². The first kappa shape index (κ1) is 15.3. The molecular formula is C21H29NO. The summed E-state index contributed by atoms with van der Waals surface area (Å²) in [5, 5.41) is 0. The van der Waals surface area contributed by atoms with Crippen LogP contribution in [0.5, 0.6) is 5.75 Å². The maximum atomic E-state index is 5.55. The van der Waals surface area contributed by atoms with Crippen LogP contribution in [-0.2, 0) is 11.8 Å². The summed E-state index contributed by atoms with van der Waals surface area (Å²) < 4.78 is 5.55. The number of likely N-dealkylation sites (tertiary alicyclic amines) is 1. The molecule has 2 heteroatoms. The molecule has 3 aliphatic rings. The molecule has 1 saturated carbocycles. The van der Waals surface area contributed by atoms with Gasteiger partial charge >= 0.3 is 0 Å². The Morgan fingerprint density at radius 2 is 2.22 bits per heavy atom. The summed E-state index contributed by atoms with van der Waals surface area (Å²) in [5.74, 6) is 1.88. The Hall–Kier alpha value is -1.28. The summed E-state index contributed by atoms with van der Waals surface area (Å²) in [6.45, 7) is 4.51. The third-order valence-electron chi connectivity index (χ3n) is 6.73. The SMILES string of the molecule is C/C=C/CN1CC[C@]23CCCC[C@H]2[C@H]1Cc1ccc(OC)cc13. The van der Waals surface area contributed by atoms with Crippen molar-refractivity contribution >= 4 is 0 Å². The summed E-state index contributed by atoms with van der Waals surface area (Å²) in [6, 6.07) is 7.60. The number of ether oxygens (including phenoxy) is 1. The minimum atomic E-state index is 0.428. The zero-order valence-electron chi connectivity index (χ0n) is 14.6. The fourth-order valence-corrected chi connectivity index (χ4v) is 5.66. The van der Waals surface area contributed by atoms with E-state index in [-0.39, 0.29) is 0 Å². The minimum Gasteiger partial charge on any atom is -0.497 e. The zero-order valence-corrected chi connectivity index (χ0v) is 14.6. The van der Waals surface area contributed by atoms with Crippen molar-refractivity contribution in [2.45, 2.75) is 56.9 Å². The number of hydrogen-bond acceptors (Lipinski definition) is 2. The van der Waals surface area contributed by atoms with Crippen molar-refractivity contribution in [1.29, 1.82) is 0 Å². The molecule has 0 aromatic heterocycles. The second kappa shape index (κ2) is 5.98. The number of hydrogen-bond donors (Lipinski definition) is 0. The number of piperidine rings is 1. The van der Waals surface area contributed by atoms with Crippen molar-refractivity contribution in [2.24, 2.45) is 5.92 Å². The Morgan fingerprint density at radius 3 is 3.04 bits per heavy atom. The van der Waals surface area contributed by atoms with Crippen molar-refractivity contribution < 1.29 is 4.74 Å². The van der Waals surface area contributed by atoms with E-state index in [2.05, 4.69) is 42.2 Å². The summed E-state index contributed by atoms with van der Waals surface area (Å²) in [6.07, 6.45) is 12.7. The smallest absolute Gasteiger partial charge is 0.119 e. The van der Waals surface area contributed by atoms with Gasteiger partial charge in [-0.15, -0.1) is 0 Å². The first-order chi connectivity index (χ1) is 11.3. The van der Waals surface area contributed by atoms with Crippen molar-refractivity contribution in [3.05, 3.63) is 41.5 Å². The summed E-state index contributed by atoms with van der Waals surface area (Å²) in [7, 11) is 1.79. The maximum Gasteiger partial charge on any atom is 0.119 e. The van der Waals surface area contributed by atoms with Gasteiger partial charge in [-0.25, -0.2) is 0 Å². The van der Waals surface area contributed by atoms with Gasteiger partial charge in [0.15, 0.2) is 0 Å². The van der Waals surface area contributed by atoms with Crippen LogP contribution < -0.4 is 4.74 Å². The minimum absolute atomic E-state index is 0.428. The van der Waals surface area contributed by atoms with E-state index in [1.165, 1.54) is 45.1 Å². The predicted molar refractivity (Wildman–Crippen MR) is 95.1 cm³/mol. The largest absolute Gasteiger partial charge is 0.497 e. The second-order valence-electron chi connectivity index (χ2n) is 7.62.